The smallest absolute Gasteiger partial charge is 0.412 e. The zero-order valence-electron chi connectivity index (χ0n) is 12.7. The molecule has 6 nitrogen and oxygen atoms in total. The van der Waals surface area contributed by atoms with Crippen LogP contribution in [0, 0.1) is 0 Å². The number of nitrogens with zero attached hydrogens (tertiary/aromatic N) is 1. The number of benzene rings is 2. The van der Waals surface area contributed by atoms with Gasteiger partial charge in [0.25, 0.3) is 0 Å². The van der Waals surface area contributed by atoms with E-state index in [2.05, 4.69) is 5.32 Å². The first-order valence-corrected chi connectivity index (χ1v) is 7.32. The molecule has 1 aromatic heterocycles. The summed E-state index contributed by atoms with van der Waals surface area (Å²) in [5.74, 6) is -0.479. The third-order valence-corrected chi connectivity index (χ3v) is 3.42. The van der Waals surface area contributed by atoms with Gasteiger partial charge in [-0.3, -0.25) is 5.32 Å². The van der Waals surface area contributed by atoms with E-state index in [0.29, 0.717) is 5.69 Å². The number of aromatic nitrogens is 1. The van der Waals surface area contributed by atoms with E-state index in [1.165, 1.54) is 10.6 Å². The zero-order valence-corrected chi connectivity index (χ0v) is 12.7. The molecule has 0 spiro atoms. The number of carbonyl (C=O) groups excluding carboxylic acids is 1. The summed E-state index contributed by atoms with van der Waals surface area (Å²) in [5, 5.41) is 22.6. The highest BCUT2D eigenvalue weighted by atomic mass is 16.5. The predicted molar refractivity (Wildman–Crippen MR) is 89.3 cm³/mol. The lowest BCUT2D eigenvalue weighted by Gasteiger charge is -2.08. The number of amides is 1. The van der Waals surface area contributed by atoms with Crippen LogP contribution in [-0.2, 0) is 11.3 Å². The van der Waals surface area contributed by atoms with Crippen LogP contribution in [0.4, 0.5) is 10.5 Å². The Bertz CT molecular complexity index is 829. The maximum Gasteiger partial charge on any atom is 0.412 e. The number of para-hydroxylation sites is 1. The van der Waals surface area contributed by atoms with E-state index >= 15 is 0 Å². The van der Waals surface area contributed by atoms with E-state index < -0.39 is 6.09 Å². The molecule has 0 saturated heterocycles. The molecule has 0 unspecified atom stereocenters. The first-order chi connectivity index (χ1) is 11.6. The van der Waals surface area contributed by atoms with Crippen LogP contribution in [-0.4, -0.2) is 20.9 Å². The molecule has 6 heteroatoms. The van der Waals surface area contributed by atoms with Gasteiger partial charge in [0.05, 0.1) is 5.69 Å². The predicted octanol–water partition coefficient (Wildman–Crippen LogP) is 3.64. The van der Waals surface area contributed by atoms with Gasteiger partial charge >= 0.3 is 6.09 Å². The molecule has 0 aliphatic rings. The minimum Gasteiger partial charge on any atom is -0.494 e. The molecule has 0 aliphatic heterocycles. The molecule has 0 fully saturated rings. The quantitative estimate of drug-likeness (QED) is 0.684. The molecule has 0 atom stereocenters. The average Bonchev–Trinajstić information content (AvgIpc) is 2.88. The van der Waals surface area contributed by atoms with Gasteiger partial charge in [-0.25, -0.2) is 9.36 Å². The normalized spacial score (nSPS) is 10.3. The van der Waals surface area contributed by atoms with Gasteiger partial charge < -0.3 is 14.9 Å². The SMILES string of the molecule is O=C(Nc1cc(O)n(-c2ccccc2)c1O)OCc1ccccc1. The van der Waals surface area contributed by atoms with Crippen LogP contribution >= 0.6 is 0 Å². The van der Waals surface area contributed by atoms with Gasteiger partial charge in [0, 0.05) is 6.07 Å². The second-order valence-electron chi connectivity index (χ2n) is 5.10. The van der Waals surface area contributed by atoms with Crippen molar-refractivity contribution in [1.82, 2.24) is 4.57 Å². The summed E-state index contributed by atoms with van der Waals surface area (Å²) in [6.07, 6.45) is -0.723. The van der Waals surface area contributed by atoms with E-state index in [0.717, 1.165) is 5.56 Å². The number of carbonyl (C=O) groups is 1. The number of hydrogen-bond acceptors (Lipinski definition) is 4. The lowest BCUT2D eigenvalue weighted by molar-refractivity contribution is 0.155. The van der Waals surface area contributed by atoms with Crippen LogP contribution in [0.2, 0.25) is 0 Å². The summed E-state index contributed by atoms with van der Waals surface area (Å²) in [6, 6.07) is 19.3. The molecule has 2 aromatic carbocycles. The fraction of sp³-hybridized carbons (Fsp3) is 0.0556. The topological polar surface area (TPSA) is 83.7 Å². The third-order valence-electron chi connectivity index (χ3n) is 3.42. The number of ether oxygens (including phenoxy) is 1. The Morgan fingerprint density at radius 3 is 2.29 bits per heavy atom. The van der Waals surface area contributed by atoms with Crippen molar-refractivity contribution in [2.75, 3.05) is 5.32 Å². The zero-order chi connectivity index (χ0) is 16.9. The standard InChI is InChI=1S/C18H16N2O4/c21-16-11-15(17(22)20(16)14-9-5-2-6-10-14)19-18(23)24-12-13-7-3-1-4-8-13/h1-11,21-22H,12H2,(H,19,23). The molecule has 0 aliphatic carbocycles. The highest BCUT2D eigenvalue weighted by molar-refractivity contribution is 5.87. The molecular formula is C18H16N2O4. The number of rotatable bonds is 4. The fourth-order valence-electron chi connectivity index (χ4n) is 2.28. The van der Waals surface area contributed by atoms with E-state index in [9.17, 15) is 15.0 Å². The summed E-state index contributed by atoms with van der Waals surface area (Å²) < 4.78 is 6.30. The van der Waals surface area contributed by atoms with Crippen molar-refractivity contribution in [2.45, 2.75) is 6.61 Å². The van der Waals surface area contributed by atoms with Crippen molar-refractivity contribution >= 4 is 11.8 Å². The van der Waals surface area contributed by atoms with E-state index in [-0.39, 0.29) is 24.1 Å². The van der Waals surface area contributed by atoms with Gasteiger partial charge in [0.15, 0.2) is 0 Å². The monoisotopic (exact) mass is 324 g/mol. The summed E-state index contributed by atoms with van der Waals surface area (Å²) in [6.45, 7) is 0.110. The Morgan fingerprint density at radius 2 is 1.62 bits per heavy atom. The van der Waals surface area contributed by atoms with Gasteiger partial charge in [-0.2, -0.15) is 0 Å². The van der Waals surface area contributed by atoms with Crippen LogP contribution in [0.3, 0.4) is 0 Å². The van der Waals surface area contributed by atoms with Crippen molar-refractivity contribution in [3.05, 3.63) is 72.3 Å². The van der Waals surface area contributed by atoms with Gasteiger partial charge in [-0.05, 0) is 17.7 Å². The van der Waals surface area contributed by atoms with Gasteiger partial charge in [-0.15, -0.1) is 0 Å². The largest absolute Gasteiger partial charge is 0.494 e. The third kappa shape index (κ3) is 3.33. The van der Waals surface area contributed by atoms with Crippen molar-refractivity contribution in [3.63, 3.8) is 0 Å². The maximum absolute atomic E-state index is 11.9. The fourth-order valence-corrected chi connectivity index (χ4v) is 2.28. The minimum atomic E-state index is -0.723. The van der Waals surface area contributed by atoms with Gasteiger partial charge in [0.2, 0.25) is 11.8 Å². The Morgan fingerprint density at radius 1 is 1.00 bits per heavy atom. The van der Waals surface area contributed by atoms with Crippen molar-refractivity contribution < 1.29 is 19.7 Å². The van der Waals surface area contributed by atoms with E-state index in [1.54, 1.807) is 24.3 Å². The van der Waals surface area contributed by atoms with Crippen LogP contribution in [0.5, 0.6) is 11.8 Å². The summed E-state index contributed by atoms with van der Waals surface area (Å²) >= 11 is 0. The highest BCUT2D eigenvalue weighted by Crippen LogP contribution is 2.35. The van der Waals surface area contributed by atoms with E-state index in [1.807, 2.05) is 36.4 Å². The Labute approximate surface area is 138 Å². The molecule has 0 saturated carbocycles. The molecule has 0 radical (unpaired) electrons. The lowest BCUT2D eigenvalue weighted by atomic mass is 10.2. The Hall–Kier alpha value is -3.41. The number of aromatic hydroxyl groups is 2. The summed E-state index contributed by atoms with van der Waals surface area (Å²) in [7, 11) is 0. The second kappa shape index (κ2) is 6.78. The van der Waals surface area contributed by atoms with Crippen LogP contribution in [0.1, 0.15) is 5.56 Å². The van der Waals surface area contributed by atoms with Gasteiger partial charge in [0.1, 0.15) is 12.3 Å². The van der Waals surface area contributed by atoms with Crippen molar-refractivity contribution in [1.29, 1.82) is 0 Å². The van der Waals surface area contributed by atoms with Crippen molar-refractivity contribution in [2.24, 2.45) is 0 Å². The van der Waals surface area contributed by atoms with Crippen LogP contribution < -0.4 is 5.32 Å². The number of anilines is 1. The Balaban J connectivity index is 1.71. The summed E-state index contributed by atoms with van der Waals surface area (Å²) in [4.78, 5) is 11.9. The van der Waals surface area contributed by atoms with E-state index in [4.69, 9.17) is 4.74 Å². The maximum atomic E-state index is 11.9. The van der Waals surface area contributed by atoms with Gasteiger partial charge in [-0.1, -0.05) is 48.5 Å². The minimum absolute atomic E-state index is 0.0643. The first kappa shape index (κ1) is 15.5. The Kier molecular flexibility index (Phi) is 4.38. The number of nitrogens with one attached hydrogen (secondary N) is 1. The lowest BCUT2D eigenvalue weighted by Crippen LogP contribution is -2.13. The molecule has 1 amide bonds. The molecule has 24 heavy (non-hydrogen) atoms. The molecule has 3 N–H and O–H groups in total. The molecule has 3 rings (SSSR count). The molecule has 0 bridgehead atoms. The van der Waals surface area contributed by atoms with Crippen molar-refractivity contribution in [3.8, 4) is 17.4 Å². The highest BCUT2D eigenvalue weighted by Gasteiger charge is 2.17. The molecular weight excluding hydrogens is 308 g/mol. The van der Waals surface area contributed by atoms with Crippen LogP contribution in [0.25, 0.3) is 5.69 Å². The molecule has 3 aromatic rings. The molecule has 122 valence electrons. The molecule has 1 heterocycles. The average molecular weight is 324 g/mol. The summed E-state index contributed by atoms with van der Waals surface area (Å²) in [5.41, 5.74) is 1.48. The first-order valence-electron chi connectivity index (χ1n) is 7.32. The number of hydrogen-bond donors (Lipinski definition) is 3. The van der Waals surface area contributed by atoms with Crippen LogP contribution in [0.15, 0.2) is 66.7 Å². The second-order valence-corrected chi connectivity index (χ2v) is 5.10.